The molecule has 130 valence electrons. The minimum Gasteiger partial charge on any atom is -0.441 e. The number of oxazole rings is 1. The van der Waals surface area contributed by atoms with Crippen LogP contribution in [0, 0.1) is 5.82 Å². The van der Waals surface area contributed by atoms with Crippen molar-refractivity contribution >= 4 is 17.0 Å². The average Bonchev–Trinajstić information content (AvgIpc) is 3.04. The number of aromatic nitrogens is 1. The average molecular weight is 342 g/mol. The molecule has 25 heavy (non-hydrogen) atoms. The Morgan fingerprint density at radius 3 is 2.68 bits per heavy atom. The van der Waals surface area contributed by atoms with Crippen LogP contribution in [0.5, 0.6) is 0 Å². The van der Waals surface area contributed by atoms with E-state index in [4.69, 9.17) is 9.15 Å². The standard InChI is InChI=1S/C19H19FN2O3/c1-19(24-2,13-7-3-4-8-14(13)20)18(23)21-12-11-17-22-15-9-5-6-10-16(15)25-17/h3-10H,11-12H2,1-2H3,(H,21,23)/t19-/m0/s1. The van der Waals surface area contributed by atoms with E-state index >= 15 is 0 Å². The molecule has 2 aromatic carbocycles. The molecule has 1 heterocycles. The molecule has 0 radical (unpaired) electrons. The van der Waals surface area contributed by atoms with Crippen molar-refractivity contribution in [2.75, 3.05) is 13.7 Å². The maximum Gasteiger partial charge on any atom is 0.256 e. The highest BCUT2D eigenvalue weighted by atomic mass is 19.1. The highest BCUT2D eigenvalue weighted by molar-refractivity contribution is 5.86. The number of ether oxygens (including phenoxy) is 1. The van der Waals surface area contributed by atoms with E-state index in [0.29, 0.717) is 24.4 Å². The lowest BCUT2D eigenvalue weighted by atomic mass is 9.94. The lowest BCUT2D eigenvalue weighted by molar-refractivity contribution is -0.142. The van der Waals surface area contributed by atoms with Crippen molar-refractivity contribution in [3.05, 3.63) is 65.8 Å². The van der Waals surface area contributed by atoms with E-state index < -0.39 is 17.3 Å². The van der Waals surface area contributed by atoms with Crippen LogP contribution in [-0.4, -0.2) is 24.5 Å². The third-order valence-corrected chi connectivity index (χ3v) is 4.19. The maximum atomic E-state index is 14.1. The number of carbonyl (C=O) groups is 1. The number of hydrogen-bond donors (Lipinski definition) is 1. The van der Waals surface area contributed by atoms with Gasteiger partial charge < -0.3 is 14.5 Å². The van der Waals surface area contributed by atoms with Gasteiger partial charge in [-0.15, -0.1) is 0 Å². The van der Waals surface area contributed by atoms with Crippen molar-refractivity contribution in [1.29, 1.82) is 0 Å². The summed E-state index contributed by atoms with van der Waals surface area (Å²) >= 11 is 0. The predicted octanol–water partition coefficient (Wildman–Crippen LogP) is 3.19. The zero-order valence-corrected chi connectivity index (χ0v) is 14.1. The van der Waals surface area contributed by atoms with Crippen LogP contribution in [0.2, 0.25) is 0 Å². The predicted molar refractivity (Wildman–Crippen MR) is 91.5 cm³/mol. The first kappa shape index (κ1) is 17.1. The molecule has 0 spiro atoms. The van der Waals surface area contributed by atoms with Gasteiger partial charge in [0, 0.05) is 25.6 Å². The van der Waals surface area contributed by atoms with Crippen LogP contribution in [0.15, 0.2) is 52.9 Å². The molecule has 0 fully saturated rings. The summed E-state index contributed by atoms with van der Waals surface area (Å²) in [5, 5.41) is 2.76. The number of para-hydroxylation sites is 2. The Balaban J connectivity index is 1.67. The molecule has 0 saturated heterocycles. The highest BCUT2D eigenvalue weighted by Gasteiger charge is 2.37. The smallest absolute Gasteiger partial charge is 0.256 e. The van der Waals surface area contributed by atoms with Crippen molar-refractivity contribution < 1.29 is 18.3 Å². The van der Waals surface area contributed by atoms with E-state index in [9.17, 15) is 9.18 Å². The van der Waals surface area contributed by atoms with E-state index in [1.165, 1.54) is 13.2 Å². The monoisotopic (exact) mass is 342 g/mol. The molecule has 0 aliphatic rings. The number of amides is 1. The Bertz CT molecular complexity index is 860. The van der Waals surface area contributed by atoms with Crippen LogP contribution in [-0.2, 0) is 21.6 Å². The molecule has 1 amide bonds. The van der Waals surface area contributed by atoms with Crippen LogP contribution >= 0.6 is 0 Å². The summed E-state index contributed by atoms with van der Waals surface area (Å²) in [5.41, 5.74) is 0.262. The second-order valence-corrected chi connectivity index (χ2v) is 5.80. The summed E-state index contributed by atoms with van der Waals surface area (Å²) < 4.78 is 25.0. The Labute approximate surface area is 144 Å². The van der Waals surface area contributed by atoms with Gasteiger partial charge >= 0.3 is 0 Å². The molecule has 0 aliphatic heterocycles. The lowest BCUT2D eigenvalue weighted by Crippen LogP contribution is -2.44. The van der Waals surface area contributed by atoms with Gasteiger partial charge in [0.1, 0.15) is 11.3 Å². The molecule has 6 heteroatoms. The number of nitrogens with zero attached hydrogens (tertiary/aromatic N) is 1. The topological polar surface area (TPSA) is 64.4 Å². The summed E-state index contributed by atoms with van der Waals surface area (Å²) in [6.45, 7) is 1.85. The van der Waals surface area contributed by atoms with Gasteiger partial charge in [0.25, 0.3) is 5.91 Å². The molecular formula is C19H19FN2O3. The molecule has 1 aromatic heterocycles. The SMILES string of the molecule is CO[C@](C)(C(=O)NCCc1nc2ccccc2o1)c1ccccc1F. The minimum absolute atomic E-state index is 0.192. The first-order chi connectivity index (χ1) is 12.0. The van der Waals surface area contributed by atoms with Crippen molar-refractivity contribution in [2.45, 2.75) is 18.9 Å². The van der Waals surface area contributed by atoms with Crippen LogP contribution in [0.25, 0.3) is 11.1 Å². The Kier molecular flexibility index (Phi) is 4.81. The second-order valence-electron chi connectivity index (χ2n) is 5.80. The van der Waals surface area contributed by atoms with Gasteiger partial charge in [-0.2, -0.15) is 0 Å². The maximum absolute atomic E-state index is 14.1. The van der Waals surface area contributed by atoms with E-state index in [1.807, 2.05) is 24.3 Å². The molecule has 3 rings (SSSR count). The summed E-state index contributed by atoms with van der Waals surface area (Å²) in [5.74, 6) is -0.372. The van der Waals surface area contributed by atoms with Gasteiger partial charge in [-0.1, -0.05) is 30.3 Å². The van der Waals surface area contributed by atoms with Gasteiger partial charge in [-0.25, -0.2) is 9.37 Å². The summed E-state index contributed by atoms with van der Waals surface area (Å²) in [4.78, 5) is 16.9. The molecule has 1 N–H and O–H groups in total. The third-order valence-electron chi connectivity index (χ3n) is 4.19. The number of benzene rings is 2. The van der Waals surface area contributed by atoms with Gasteiger partial charge in [0.2, 0.25) is 0 Å². The minimum atomic E-state index is -1.41. The number of methoxy groups -OCH3 is 1. The van der Waals surface area contributed by atoms with Crippen molar-refractivity contribution in [2.24, 2.45) is 0 Å². The zero-order valence-electron chi connectivity index (χ0n) is 14.1. The van der Waals surface area contributed by atoms with E-state index in [0.717, 1.165) is 5.52 Å². The number of fused-ring (bicyclic) bond motifs is 1. The Morgan fingerprint density at radius 2 is 1.96 bits per heavy atom. The van der Waals surface area contributed by atoms with Gasteiger partial charge in [0.05, 0.1) is 0 Å². The number of carbonyl (C=O) groups excluding carboxylic acids is 1. The Morgan fingerprint density at radius 1 is 1.24 bits per heavy atom. The quantitative estimate of drug-likeness (QED) is 0.747. The van der Waals surface area contributed by atoms with Crippen LogP contribution < -0.4 is 5.32 Å². The molecule has 0 saturated carbocycles. The summed E-state index contributed by atoms with van der Waals surface area (Å²) in [7, 11) is 1.38. The third kappa shape index (κ3) is 3.39. The molecule has 5 nitrogen and oxygen atoms in total. The van der Waals surface area contributed by atoms with Gasteiger partial charge in [0.15, 0.2) is 17.1 Å². The first-order valence-electron chi connectivity index (χ1n) is 7.97. The number of nitrogens with one attached hydrogen (secondary N) is 1. The lowest BCUT2D eigenvalue weighted by Gasteiger charge is -2.27. The van der Waals surface area contributed by atoms with Crippen molar-refractivity contribution in [3.8, 4) is 0 Å². The largest absolute Gasteiger partial charge is 0.441 e. The second kappa shape index (κ2) is 7.03. The normalized spacial score (nSPS) is 13.6. The summed E-state index contributed by atoms with van der Waals surface area (Å²) in [6, 6.07) is 13.5. The molecule has 0 aliphatic carbocycles. The van der Waals surface area contributed by atoms with E-state index in [1.54, 1.807) is 25.1 Å². The molecule has 1 atom stereocenters. The fraction of sp³-hybridized carbons (Fsp3) is 0.263. The first-order valence-corrected chi connectivity index (χ1v) is 7.97. The number of rotatable bonds is 6. The Hall–Kier alpha value is -2.73. The van der Waals surface area contributed by atoms with E-state index in [2.05, 4.69) is 10.3 Å². The molecule has 0 unspecified atom stereocenters. The van der Waals surface area contributed by atoms with Crippen molar-refractivity contribution in [1.82, 2.24) is 10.3 Å². The molecule has 0 bridgehead atoms. The van der Waals surface area contributed by atoms with Gasteiger partial charge in [-0.3, -0.25) is 4.79 Å². The van der Waals surface area contributed by atoms with Crippen LogP contribution in [0.4, 0.5) is 4.39 Å². The summed E-state index contributed by atoms with van der Waals surface area (Å²) in [6.07, 6.45) is 0.428. The highest BCUT2D eigenvalue weighted by Crippen LogP contribution is 2.27. The van der Waals surface area contributed by atoms with Crippen LogP contribution in [0.1, 0.15) is 18.4 Å². The zero-order chi connectivity index (χ0) is 17.9. The fourth-order valence-corrected chi connectivity index (χ4v) is 2.65. The van der Waals surface area contributed by atoms with E-state index in [-0.39, 0.29) is 5.56 Å². The fourth-order valence-electron chi connectivity index (χ4n) is 2.65. The molecule has 3 aromatic rings. The van der Waals surface area contributed by atoms with Gasteiger partial charge in [-0.05, 0) is 25.1 Å². The number of hydrogen-bond acceptors (Lipinski definition) is 4. The molecular weight excluding hydrogens is 323 g/mol. The number of halogens is 1. The van der Waals surface area contributed by atoms with Crippen LogP contribution in [0.3, 0.4) is 0 Å². The van der Waals surface area contributed by atoms with Crippen molar-refractivity contribution in [3.63, 3.8) is 0 Å².